The number of carbonyl (C=O) groups is 2. The molecule has 0 bridgehead atoms. The molecule has 5 heteroatoms. The average Bonchev–Trinajstić information content (AvgIpc) is 2.45. The standard InChI is InChI=1S/C15H22N2O3/c1-3-5-11-17(13-9-7-6-8-10-13)15(20)16(4-2)12-14(18)19/h6-10H,3-5,11-12H2,1-2H3,(H,18,19). The molecule has 0 aliphatic heterocycles. The number of likely N-dealkylation sites (N-methyl/N-ethyl adjacent to an activating group) is 1. The number of carboxylic acids is 1. The van der Waals surface area contributed by atoms with Gasteiger partial charge in [0.1, 0.15) is 6.54 Å². The van der Waals surface area contributed by atoms with Gasteiger partial charge in [0.05, 0.1) is 0 Å². The minimum absolute atomic E-state index is 0.255. The van der Waals surface area contributed by atoms with Gasteiger partial charge in [0.2, 0.25) is 0 Å². The van der Waals surface area contributed by atoms with E-state index in [1.54, 1.807) is 11.8 Å². The number of benzene rings is 1. The molecule has 0 fully saturated rings. The largest absolute Gasteiger partial charge is 0.480 e. The molecule has 0 atom stereocenters. The quantitative estimate of drug-likeness (QED) is 0.834. The number of anilines is 1. The van der Waals surface area contributed by atoms with E-state index in [1.165, 1.54) is 4.90 Å². The van der Waals surface area contributed by atoms with Crippen LogP contribution >= 0.6 is 0 Å². The lowest BCUT2D eigenvalue weighted by Gasteiger charge is -2.29. The Labute approximate surface area is 119 Å². The fourth-order valence-corrected chi connectivity index (χ4v) is 1.91. The van der Waals surface area contributed by atoms with Gasteiger partial charge in [-0.05, 0) is 25.5 Å². The van der Waals surface area contributed by atoms with Crippen LogP contribution in [0.5, 0.6) is 0 Å². The molecule has 1 N–H and O–H groups in total. The normalized spacial score (nSPS) is 10.1. The van der Waals surface area contributed by atoms with Crippen LogP contribution in [0.15, 0.2) is 30.3 Å². The predicted molar refractivity (Wildman–Crippen MR) is 79.0 cm³/mol. The second-order valence-corrected chi connectivity index (χ2v) is 4.53. The molecule has 0 aromatic heterocycles. The van der Waals surface area contributed by atoms with Crippen LogP contribution in [0.3, 0.4) is 0 Å². The van der Waals surface area contributed by atoms with Gasteiger partial charge in [0.15, 0.2) is 0 Å². The van der Waals surface area contributed by atoms with E-state index in [1.807, 2.05) is 30.3 Å². The molecular weight excluding hydrogens is 256 g/mol. The summed E-state index contributed by atoms with van der Waals surface area (Å²) in [6.07, 6.45) is 1.85. The van der Waals surface area contributed by atoms with Gasteiger partial charge in [-0.3, -0.25) is 9.69 Å². The van der Waals surface area contributed by atoms with Crippen LogP contribution in [0, 0.1) is 0 Å². The van der Waals surface area contributed by atoms with Crippen molar-refractivity contribution in [2.75, 3.05) is 24.5 Å². The fraction of sp³-hybridized carbons (Fsp3) is 0.467. The van der Waals surface area contributed by atoms with Crippen molar-refractivity contribution in [2.45, 2.75) is 26.7 Å². The lowest BCUT2D eigenvalue weighted by atomic mass is 10.2. The summed E-state index contributed by atoms with van der Waals surface area (Å²) in [7, 11) is 0. The zero-order chi connectivity index (χ0) is 15.0. The summed E-state index contributed by atoms with van der Waals surface area (Å²) in [6, 6.07) is 9.10. The minimum Gasteiger partial charge on any atom is -0.480 e. The summed E-state index contributed by atoms with van der Waals surface area (Å²) in [5.41, 5.74) is 0.801. The Hall–Kier alpha value is -2.04. The molecule has 0 aliphatic carbocycles. The van der Waals surface area contributed by atoms with Gasteiger partial charge >= 0.3 is 12.0 Å². The van der Waals surface area contributed by atoms with Gasteiger partial charge < -0.3 is 10.0 Å². The molecular formula is C15H22N2O3. The average molecular weight is 278 g/mol. The van der Waals surface area contributed by atoms with Gasteiger partial charge in [-0.1, -0.05) is 31.5 Å². The number of amides is 2. The lowest BCUT2D eigenvalue weighted by molar-refractivity contribution is -0.137. The maximum absolute atomic E-state index is 12.5. The first-order chi connectivity index (χ1) is 9.60. The summed E-state index contributed by atoms with van der Waals surface area (Å²) in [5, 5.41) is 8.88. The third-order valence-corrected chi connectivity index (χ3v) is 3.01. The zero-order valence-electron chi connectivity index (χ0n) is 12.1. The van der Waals surface area contributed by atoms with E-state index in [-0.39, 0.29) is 12.6 Å². The number of unbranched alkanes of at least 4 members (excludes halogenated alkanes) is 1. The third-order valence-electron chi connectivity index (χ3n) is 3.01. The van der Waals surface area contributed by atoms with E-state index in [0.717, 1.165) is 18.5 Å². The van der Waals surface area contributed by atoms with Gasteiger partial charge in [-0.15, -0.1) is 0 Å². The van der Waals surface area contributed by atoms with Crippen molar-refractivity contribution < 1.29 is 14.7 Å². The van der Waals surface area contributed by atoms with Crippen molar-refractivity contribution in [3.63, 3.8) is 0 Å². The Bertz CT molecular complexity index is 434. The number of hydrogen-bond acceptors (Lipinski definition) is 2. The van der Waals surface area contributed by atoms with Crippen LogP contribution in [-0.4, -0.2) is 41.6 Å². The summed E-state index contributed by atoms with van der Waals surface area (Å²) in [6.45, 7) is 4.53. The molecule has 0 radical (unpaired) electrons. The smallest absolute Gasteiger partial charge is 0.324 e. The Morgan fingerprint density at radius 1 is 1.15 bits per heavy atom. The first-order valence-electron chi connectivity index (χ1n) is 6.93. The summed E-state index contributed by atoms with van der Waals surface area (Å²) in [5.74, 6) is -0.997. The summed E-state index contributed by atoms with van der Waals surface area (Å²) < 4.78 is 0. The molecule has 0 saturated carbocycles. The first kappa shape index (κ1) is 16.0. The number of nitrogens with zero attached hydrogens (tertiary/aromatic N) is 2. The van der Waals surface area contributed by atoms with E-state index in [4.69, 9.17) is 5.11 Å². The van der Waals surface area contributed by atoms with E-state index < -0.39 is 5.97 Å². The highest BCUT2D eigenvalue weighted by Crippen LogP contribution is 2.16. The molecule has 5 nitrogen and oxygen atoms in total. The van der Waals surface area contributed by atoms with Gasteiger partial charge in [0.25, 0.3) is 0 Å². The number of urea groups is 1. The highest BCUT2D eigenvalue weighted by molar-refractivity contribution is 5.93. The van der Waals surface area contributed by atoms with Crippen molar-refractivity contribution in [2.24, 2.45) is 0 Å². The SMILES string of the molecule is CCCCN(C(=O)N(CC)CC(=O)O)c1ccccc1. The van der Waals surface area contributed by atoms with Crippen molar-refractivity contribution in [1.29, 1.82) is 0 Å². The van der Waals surface area contributed by atoms with Gasteiger partial charge in [0, 0.05) is 18.8 Å². The Morgan fingerprint density at radius 2 is 1.80 bits per heavy atom. The van der Waals surface area contributed by atoms with Crippen LogP contribution < -0.4 is 4.90 Å². The number of rotatable bonds is 7. The van der Waals surface area contributed by atoms with Crippen LogP contribution in [-0.2, 0) is 4.79 Å². The molecule has 0 saturated heterocycles. The molecule has 0 spiro atoms. The van der Waals surface area contributed by atoms with Crippen molar-refractivity contribution >= 4 is 17.7 Å². The van der Waals surface area contributed by atoms with Crippen molar-refractivity contribution in [3.05, 3.63) is 30.3 Å². The molecule has 1 aromatic rings. The van der Waals surface area contributed by atoms with Crippen LogP contribution in [0.2, 0.25) is 0 Å². The second-order valence-electron chi connectivity index (χ2n) is 4.53. The zero-order valence-corrected chi connectivity index (χ0v) is 12.1. The maximum Gasteiger partial charge on any atom is 0.324 e. The highest BCUT2D eigenvalue weighted by Gasteiger charge is 2.22. The Kier molecular flexibility index (Phi) is 6.56. The minimum atomic E-state index is -0.997. The summed E-state index contributed by atoms with van der Waals surface area (Å²) >= 11 is 0. The monoisotopic (exact) mass is 278 g/mol. The maximum atomic E-state index is 12.5. The van der Waals surface area contributed by atoms with E-state index in [9.17, 15) is 9.59 Å². The van der Waals surface area contributed by atoms with Gasteiger partial charge in [-0.2, -0.15) is 0 Å². The number of para-hydroxylation sites is 1. The molecule has 1 aromatic carbocycles. The number of carbonyl (C=O) groups excluding carboxylic acids is 1. The topological polar surface area (TPSA) is 60.9 Å². The fourth-order valence-electron chi connectivity index (χ4n) is 1.91. The predicted octanol–water partition coefficient (Wildman–Crippen LogP) is 2.82. The highest BCUT2D eigenvalue weighted by atomic mass is 16.4. The Morgan fingerprint density at radius 3 is 2.30 bits per heavy atom. The van der Waals surface area contributed by atoms with Crippen molar-refractivity contribution in [3.8, 4) is 0 Å². The van der Waals surface area contributed by atoms with Crippen molar-refractivity contribution in [1.82, 2.24) is 4.90 Å². The number of carboxylic acid groups (broad SMARTS) is 1. The summed E-state index contributed by atoms with van der Waals surface area (Å²) in [4.78, 5) is 26.3. The van der Waals surface area contributed by atoms with Crippen LogP contribution in [0.1, 0.15) is 26.7 Å². The van der Waals surface area contributed by atoms with Gasteiger partial charge in [-0.25, -0.2) is 4.79 Å². The van der Waals surface area contributed by atoms with E-state index >= 15 is 0 Å². The van der Waals surface area contributed by atoms with Crippen LogP contribution in [0.4, 0.5) is 10.5 Å². The lowest BCUT2D eigenvalue weighted by Crippen LogP contribution is -2.45. The Balaban J connectivity index is 2.91. The molecule has 2 amide bonds. The van der Waals surface area contributed by atoms with E-state index in [0.29, 0.717) is 13.1 Å². The molecule has 0 aliphatic rings. The molecule has 1 rings (SSSR count). The number of hydrogen-bond donors (Lipinski definition) is 1. The number of aliphatic carboxylic acids is 1. The van der Waals surface area contributed by atoms with E-state index in [2.05, 4.69) is 6.92 Å². The second kappa shape index (κ2) is 8.19. The molecule has 0 heterocycles. The molecule has 20 heavy (non-hydrogen) atoms. The first-order valence-corrected chi connectivity index (χ1v) is 6.93. The molecule has 0 unspecified atom stereocenters. The van der Waals surface area contributed by atoms with Crippen LogP contribution in [0.25, 0.3) is 0 Å². The molecule has 110 valence electrons. The third kappa shape index (κ3) is 4.57.